The van der Waals surface area contributed by atoms with Gasteiger partial charge in [-0.2, -0.15) is 0 Å². The summed E-state index contributed by atoms with van der Waals surface area (Å²) in [5.74, 6) is 0. The van der Waals surface area contributed by atoms with E-state index in [0.717, 1.165) is 10.8 Å². The van der Waals surface area contributed by atoms with E-state index in [1.54, 1.807) is 30.5 Å². The molecule has 3 rings (SSSR count). The Hall–Kier alpha value is -2.71. The van der Waals surface area contributed by atoms with Crippen LogP contribution in [-0.2, 0) is 9.84 Å². The van der Waals surface area contributed by atoms with Gasteiger partial charge in [-0.15, -0.1) is 0 Å². The van der Waals surface area contributed by atoms with Crippen LogP contribution in [0.25, 0.3) is 0 Å². The van der Waals surface area contributed by atoms with Gasteiger partial charge in [-0.1, -0.05) is 18.2 Å². The maximum absolute atomic E-state index is 12.2. The number of benzene rings is 1. The topological polar surface area (TPSA) is 94.1 Å². The molecule has 0 radical (unpaired) electrons. The van der Waals surface area contributed by atoms with E-state index in [4.69, 9.17) is 0 Å². The molecule has 0 fully saturated rings. The van der Waals surface area contributed by atoms with Crippen molar-refractivity contribution in [3.63, 3.8) is 0 Å². The summed E-state index contributed by atoms with van der Waals surface area (Å²) in [6.07, 6.45) is 6.97. The largest absolute Gasteiger partial charge is 0.298 e. The second-order valence-electron chi connectivity index (χ2n) is 4.86. The summed E-state index contributed by atoms with van der Waals surface area (Å²) in [6, 6.07) is 11.0. The second-order valence-corrected chi connectivity index (χ2v) is 7.64. The van der Waals surface area contributed by atoms with E-state index in [9.17, 15) is 18.0 Å². The lowest BCUT2D eigenvalue weighted by molar-refractivity contribution is 0.111. The number of hydrogen-bond donors (Lipinski definition) is 0. The van der Waals surface area contributed by atoms with Crippen molar-refractivity contribution in [2.24, 2.45) is 0 Å². The number of halogens is 1. The summed E-state index contributed by atoms with van der Waals surface area (Å²) in [5.41, 5.74) is 0.647. The van der Waals surface area contributed by atoms with Crippen molar-refractivity contribution in [3.05, 3.63) is 82.9 Å². The van der Waals surface area contributed by atoms with E-state index in [1.165, 1.54) is 36.8 Å². The lowest BCUT2D eigenvalue weighted by atomic mass is 10.3. The van der Waals surface area contributed by atoms with E-state index < -0.39 is 9.84 Å². The molecule has 1 aromatic carbocycles. The van der Waals surface area contributed by atoms with Gasteiger partial charge in [0.05, 0.1) is 15.4 Å². The minimum atomic E-state index is -3.65. The average molecular weight is 433 g/mol. The Bertz CT molecular complexity index is 1010. The highest BCUT2D eigenvalue weighted by molar-refractivity contribution is 9.10. The van der Waals surface area contributed by atoms with Gasteiger partial charge < -0.3 is 0 Å². The molecule has 26 heavy (non-hydrogen) atoms. The third-order valence-electron chi connectivity index (χ3n) is 3.20. The zero-order valence-electron chi connectivity index (χ0n) is 13.3. The normalized spacial score (nSPS) is 10.3. The number of aromatic nitrogens is 2. The van der Waals surface area contributed by atoms with E-state index in [0.29, 0.717) is 11.8 Å². The Balaban J connectivity index is 0.000000228. The van der Waals surface area contributed by atoms with Crippen LogP contribution in [-0.4, -0.2) is 31.0 Å². The maximum atomic E-state index is 12.2. The van der Waals surface area contributed by atoms with Gasteiger partial charge in [-0.05, 0) is 40.2 Å². The standard InChI is InChI=1S/C12H9NO3S.C6H4BrNO/c14-9-10-8-13-7-6-12(10)17(15,16)11-4-2-1-3-5-11;7-6-1-2-8-3-5(6)4-9/h1-9H;1-4H. The van der Waals surface area contributed by atoms with Crippen molar-refractivity contribution < 1.29 is 18.0 Å². The molecular weight excluding hydrogens is 420 g/mol. The van der Waals surface area contributed by atoms with Gasteiger partial charge in [-0.3, -0.25) is 19.6 Å². The first-order chi connectivity index (χ1) is 12.5. The number of hydrogen-bond acceptors (Lipinski definition) is 6. The molecule has 0 N–H and O–H groups in total. The molecule has 0 amide bonds. The molecule has 0 spiro atoms. The van der Waals surface area contributed by atoms with Gasteiger partial charge in [0.15, 0.2) is 12.6 Å². The van der Waals surface area contributed by atoms with Gasteiger partial charge >= 0.3 is 0 Å². The van der Waals surface area contributed by atoms with Crippen LogP contribution in [0.15, 0.2) is 81.5 Å². The summed E-state index contributed by atoms with van der Waals surface area (Å²) < 4.78 is 25.2. The van der Waals surface area contributed by atoms with Gasteiger partial charge in [0.2, 0.25) is 9.84 Å². The third-order valence-corrected chi connectivity index (χ3v) is 5.77. The number of aldehydes is 2. The van der Waals surface area contributed by atoms with E-state index in [-0.39, 0.29) is 15.4 Å². The molecule has 0 aliphatic heterocycles. The van der Waals surface area contributed by atoms with Crippen molar-refractivity contribution in [1.82, 2.24) is 9.97 Å². The Morgan fingerprint density at radius 2 is 1.38 bits per heavy atom. The van der Waals surface area contributed by atoms with Crippen molar-refractivity contribution in [1.29, 1.82) is 0 Å². The summed E-state index contributed by atoms with van der Waals surface area (Å²) in [5, 5.41) is 0. The van der Waals surface area contributed by atoms with Crippen molar-refractivity contribution in [2.45, 2.75) is 9.79 Å². The first-order valence-corrected chi connectivity index (χ1v) is 9.52. The van der Waals surface area contributed by atoms with E-state index in [1.807, 2.05) is 0 Å². The highest BCUT2D eigenvalue weighted by Gasteiger charge is 2.20. The minimum Gasteiger partial charge on any atom is -0.298 e. The Kier molecular flexibility index (Phi) is 6.88. The average Bonchev–Trinajstić information content (AvgIpc) is 2.69. The SMILES string of the molecule is O=Cc1cnccc1Br.O=Cc1cnccc1S(=O)(=O)c1ccccc1. The van der Waals surface area contributed by atoms with E-state index in [2.05, 4.69) is 25.9 Å². The monoisotopic (exact) mass is 432 g/mol. The molecule has 8 heteroatoms. The predicted molar refractivity (Wildman–Crippen MR) is 98.8 cm³/mol. The molecule has 0 atom stereocenters. The van der Waals surface area contributed by atoms with Crippen LogP contribution in [0.4, 0.5) is 0 Å². The van der Waals surface area contributed by atoms with Crippen LogP contribution >= 0.6 is 15.9 Å². The molecule has 0 saturated heterocycles. The summed E-state index contributed by atoms with van der Waals surface area (Å²) in [7, 11) is -3.65. The highest BCUT2D eigenvalue weighted by Crippen LogP contribution is 2.22. The molecule has 3 aromatic rings. The number of rotatable bonds is 4. The minimum absolute atomic E-state index is 0.0197. The van der Waals surface area contributed by atoms with Gasteiger partial charge in [-0.25, -0.2) is 8.42 Å². The molecule has 132 valence electrons. The van der Waals surface area contributed by atoms with Crippen molar-refractivity contribution >= 4 is 38.3 Å². The fourth-order valence-corrected chi connectivity index (χ4v) is 3.66. The highest BCUT2D eigenvalue weighted by atomic mass is 79.9. The zero-order chi connectivity index (χ0) is 19.0. The number of carbonyl (C=O) groups is 2. The van der Waals surface area contributed by atoms with Crippen LogP contribution in [0.1, 0.15) is 20.7 Å². The van der Waals surface area contributed by atoms with Crippen LogP contribution in [0, 0.1) is 0 Å². The van der Waals surface area contributed by atoms with Crippen molar-refractivity contribution in [3.8, 4) is 0 Å². The molecule has 0 aliphatic rings. The first-order valence-electron chi connectivity index (χ1n) is 7.24. The van der Waals surface area contributed by atoms with Gasteiger partial charge in [0.25, 0.3) is 0 Å². The molecule has 0 bridgehead atoms. The first kappa shape index (κ1) is 19.6. The molecule has 2 aromatic heterocycles. The smallest absolute Gasteiger partial charge is 0.207 e. The van der Waals surface area contributed by atoms with Crippen molar-refractivity contribution in [2.75, 3.05) is 0 Å². The predicted octanol–water partition coefficient (Wildman–Crippen LogP) is 3.38. The van der Waals surface area contributed by atoms with Crippen LogP contribution in [0.2, 0.25) is 0 Å². The Labute approximate surface area is 159 Å². The summed E-state index contributed by atoms with van der Waals surface area (Å²) in [6.45, 7) is 0. The van der Waals surface area contributed by atoms with E-state index >= 15 is 0 Å². The number of carbonyl (C=O) groups excluding carboxylic acids is 2. The number of nitrogens with zero attached hydrogens (tertiary/aromatic N) is 2. The molecule has 0 saturated carbocycles. The van der Waals surface area contributed by atoms with Crippen LogP contribution in [0.3, 0.4) is 0 Å². The molecule has 0 aliphatic carbocycles. The van der Waals surface area contributed by atoms with Gasteiger partial charge in [0, 0.05) is 34.8 Å². The molecule has 0 unspecified atom stereocenters. The number of sulfone groups is 1. The fourth-order valence-electron chi connectivity index (χ4n) is 1.93. The third kappa shape index (κ3) is 4.68. The molecule has 6 nitrogen and oxygen atoms in total. The lowest BCUT2D eigenvalue weighted by Gasteiger charge is -2.05. The Morgan fingerprint density at radius 1 is 0.808 bits per heavy atom. The summed E-state index contributed by atoms with van der Waals surface area (Å²) in [4.78, 5) is 28.6. The van der Waals surface area contributed by atoms with Crippen LogP contribution < -0.4 is 0 Å². The fraction of sp³-hybridized carbons (Fsp3) is 0. The summed E-state index contributed by atoms with van der Waals surface area (Å²) >= 11 is 3.19. The van der Waals surface area contributed by atoms with Gasteiger partial charge in [0.1, 0.15) is 0 Å². The molecule has 2 heterocycles. The quantitative estimate of drug-likeness (QED) is 0.586. The maximum Gasteiger partial charge on any atom is 0.207 e. The van der Waals surface area contributed by atoms with Crippen LogP contribution in [0.5, 0.6) is 0 Å². The Morgan fingerprint density at radius 3 is 1.92 bits per heavy atom. The lowest BCUT2D eigenvalue weighted by Crippen LogP contribution is -2.05. The second kappa shape index (κ2) is 9.12. The molecular formula is C18H13BrN2O4S. The zero-order valence-corrected chi connectivity index (χ0v) is 15.7. The number of pyridine rings is 2.